The molecule has 174 valence electrons. The maximum atomic E-state index is 12.4. The van der Waals surface area contributed by atoms with Gasteiger partial charge in [-0.3, -0.25) is 4.79 Å². The predicted octanol–water partition coefficient (Wildman–Crippen LogP) is 5.27. The first-order valence-corrected chi connectivity index (χ1v) is 14.5. The molecule has 0 aliphatic carbocycles. The second-order valence-electron chi connectivity index (χ2n) is 8.01. The van der Waals surface area contributed by atoms with E-state index >= 15 is 0 Å². The normalized spacial score (nSPS) is 18.2. The number of carbonyl (C=O) groups is 1. The smallest absolute Gasteiger partial charge is 0.236 e. The maximum Gasteiger partial charge on any atom is 0.236 e. The van der Waals surface area contributed by atoms with Gasteiger partial charge in [-0.25, -0.2) is 14.4 Å². The molecule has 1 atom stereocenters. The van der Waals surface area contributed by atoms with Gasteiger partial charge < -0.3 is 10.1 Å². The van der Waals surface area contributed by atoms with Crippen molar-refractivity contribution in [3.05, 3.63) is 22.0 Å². The van der Waals surface area contributed by atoms with Crippen molar-refractivity contribution in [2.24, 2.45) is 0 Å². The second kappa shape index (κ2) is 9.49. The fourth-order valence-electron chi connectivity index (χ4n) is 3.70. The maximum absolute atomic E-state index is 12.4. The topological polar surface area (TPSA) is 94.3 Å². The minimum atomic E-state index is -0.181. The number of thiophene rings is 1. The van der Waals surface area contributed by atoms with Crippen LogP contribution in [0.4, 0.5) is 5.13 Å². The zero-order chi connectivity index (χ0) is 23.0. The van der Waals surface area contributed by atoms with Crippen LogP contribution in [-0.2, 0) is 22.6 Å². The Morgan fingerprint density at radius 2 is 2.18 bits per heavy atom. The van der Waals surface area contributed by atoms with E-state index in [4.69, 9.17) is 9.72 Å². The van der Waals surface area contributed by atoms with E-state index in [-0.39, 0.29) is 17.3 Å². The van der Waals surface area contributed by atoms with Crippen molar-refractivity contribution in [2.45, 2.75) is 62.6 Å². The third-order valence-electron chi connectivity index (χ3n) is 5.61. The van der Waals surface area contributed by atoms with Crippen LogP contribution < -0.4 is 5.32 Å². The van der Waals surface area contributed by atoms with Gasteiger partial charge in [-0.05, 0) is 25.3 Å². The number of aromatic nitrogens is 5. The lowest BCUT2D eigenvalue weighted by Gasteiger charge is -2.33. The number of carbonyl (C=O) groups excluding carboxylic acids is 1. The average Bonchev–Trinajstić information content (AvgIpc) is 3.54. The van der Waals surface area contributed by atoms with Crippen LogP contribution in [0.2, 0.25) is 0 Å². The molecule has 1 aliphatic heterocycles. The van der Waals surface area contributed by atoms with Crippen LogP contribution in [0.25, 0.3) is 15.9 Å². The number of hydrogen-bond donors (Lipinski definition) is 1. The number of anilines is 1. The Kier molecular flexibility index (Phi) is 6.62. The summed E-state index contributed by atoms with van der Waals surface area (Å²) in [6.07, 6.45) is 4.49. The van der Waals surface area contributed by atoms with Crippen LogP contribution in [0.3, 0.4) is 0 Å². The zero-order valence-corrected chi connectivity index (χ0v) is 21.8. The lowest BCUT2D eigenvalue weighted by atomic mass is 9.90. The number of amides is 1. The molecule has 0 saturated carbocycles. The van der Waals surface area contributed by atoms with Crippen LogP contribution in [-0.4, -0.2) is 47.6 Å². The summed E-state index contributed by atoms with van der Waals surface area (Å²) in [4.78, 5) is 23.8. The Balaban J connectivity index is 1.53. The van der Waals surface area contributed by atoms with Crippen molar-refractivity contribution >= 4 is 73.1 Å². The highest BCUT2D eigenvalue weighted by Crippen LogP contribution is 2.42. The third kappa shape index (κ3) is 4.51. The van der Waals surface area contributed by atoms with Gasteiger partial charge in [-0.1, -0.05) is 37.4 Å². The van der Waals surface area contributed by atoms with Crippen molar-refractivity contribution in [2.75, 3.05) is 16.8 Å². The Hall–Kier alpha value is -1.73. The van der Waals surface area contributed by atoms with Crippen molar-refractivity contribution in [3.8, 4) is 0 Å². The van der Waals surface area contributed by atoms with E-state index in [2.05, 4.69) is 41.3 Å². The van der Waals surface area contributed by atoms with Crippen molar-refractivity contribution in [1.82, 2.24) is 24.6 Å². The summed E-state index contributed by atoms with van der Waals surface area (Å²) in [5.74, 6) is 1.05. The van der Waals surface area contributed by atoms with Gasteiger partial charge in [0.1, 0.15) is 4.83 Å². The average molecular weight is 521 g/mol. The summed E-state index contributed by atoms with van der Waals surface area (Å²) in [6.45, 7) is 7.09. The molecule has 1 aliphatic rings. The van der Waals surface area contributed by atoms with Gasteiger partial charge in [-0.15, -0.1) is 32.9 Å². The molecule has 4 aromatic rings. The molecule has 12 heteroatoms. The number of nitrogens with one attached hydrogen (secondary N) is 1. The molecule has 33 heavy (non-hydrogen) atoms. The Morgan fingerprint density at radius 1 is 1.30 bits per heavy atom. The molecule has 0 fully saturated rings. The monoisotopic (exact) mass is 520 g/mol. The second-order valence-corrected chi connectivity index (χ2v) is 12.0. The Morgan fingerprint density at radius 3 is 2.94 bits per heavy atom. The Bertz CT molecular complexity index is 1300. The molecule has 5 rings (SSSR count). The molecule has 1 N–H and O–H groups in total. The van der Waals surface area contributed by atoms with Gasteiger partial charge in [0.15, 0.2) is 21.1 Å². The first kappa shape index (κ1) is 23.0. The summed E-state index contributed by atoms with van der Waals surface area (Å²) in [5.41, 5.74) is 1.92. The van der Waals surface area contributed by atoms with Gasteiger partial charge in [0, 0.05) is 28.6 Å². The molecule has 4 aromatic heterocycles. The van der Waals surface area contributed by atoms with Gasteiger partial charge in [0.2, 0.25) is 5.91 Å². The molecule has 5 heterocycles. The molecule has 0 saturated heterocycles. The quantitative estimate of drug-likeness (QED) is 0.248. The molecule has 1 unspecified atom stereocenters. The number of thioether (sulfide) groups is 2. The van der Waals surface area contributed by atoms with Crippen LogP contribution in [0.15, 0.2) is 21.9 Å². The SMILES string of the molecule is CCCSc1nc2sc3c(c2c2nnc(SCC(=O)Nc4nccs4)n12)CC(C)(CC)OC3. The molecule has 0 radical (unpaired) electrons. The highest BCUT2D eigenvalue weighted by atomic mass is 32.2. The van der Waals surface area contributed by atoms with Crippen LogP contribution >= 0.6 is 46.2 Å². The molecule has 0 spiro atoms. The summed E-state index contributed by atoms with van der Waals surface area (Å²) >= 11 is 6.16. The van der Waals surface area contributed by atoms with E-state index in [1.54, 1.807) is 29.3 Å². The van der Waals surface area contributed by atoms with E-state index in [9.17, 15) is 4.79 Å². The van der Waals surface area contributed by atoms with E-state index in [0.29, 0.717) is 16.9 Å². The van der Waals surface area contributed by atoms with Gasteiger partial charge >= 0.3 is 0 Å². The van der Waals surface area contributed by atoms with Gasteiger partial charge in [0.05, 0.1) is 23.3 Å². The van der Waals surface area contributed by atoms with Crippen molar-refractivity contribution in [3.63, 3.8) is 0 Å². The summed E-state index contributed by atoms with van der Waals surface area (Å²) < 4.78 is 8.20. The van der Waals surface area contributed by atoms with Crippen molar-refractivity contribution < 1.29 is 9.53 Å². The molecular weight excluding hydrogens is 497 g/mol. The standard InChI is InChI=1S/C21H24N6O2S4/c1-4-7-31-19-24-17-15(12-9-21(3,5-2)29-10-13(12)33-17)16-25-26-20(27(16)19)32-11-14(28)23-18-22-6-8-30-18/h6,8H,4-5,7,9-11H2,1-3H3,(H,22,23,28). The highest BCUT2D eigenvalue weighted by molar-refractivity contribution is 8.00. The van der Waals surface area contributed by atoms with E-state index in [1.165, 1.54) is 33.5 Å². The molecule has 0 bridgehead atoms. The number of ether oxygens (including phenoxy) is 1. The lowest BCUT2D eigenvalue weighted by Crippen LogP contribution is -2.33. The molecular formula is C21H24N6O2S4. The first-order valence-electron chi connectivity index (χ1n) is 10.8. The number of rotatable bonds is 8. The number of fused-ring (bicyclic) bond motifs is 5. The summed E-state index contributed by atoms with van der Waals surface area (Å²) in [5, 5.41) is 16.9. The van der Waals surface area contributed by atoms with Gasteiger partial charge in [-0.2, -0.15) is 0 Å². The summed E-state index contributed by atoms with van der Waals surface area (Å²) in [7, 11) is 0. The Labute approximate surface area is 207 Å². The number of nitrogens with zero attached hydrogens (tertiary/aromatic N) is 5. The largest absolute Gasteiger partial charge is 0.369 e. The number of thiazole rings is 1. The van der Waals surface area contributed by atoms with Gasteiger partial charge in [0.25, 0.3) is 0 Å². The first-order chi connectivity index (χ1) is 16.0. The van der Waals surface area contributed by atoms with E-state index in [1.807, 2.05) is 9.78 Å². The van der Waals surface area contributed by atoms with Crippen molar-refractivity contribution in [1.29, 1.82) is 0 Å². The fraction of sp³-hybridized carbons (Fsp3) is 0.476. The zero-order valence-electron chi connectivity index (χ0n) is 18.6. The summed E-state index contributed by atoms with van der Waals surface area (Å²) in [6, 6.07) is 0. The van der Waals surface area contributed by atoms with Crippen LogP contribution in [0.1, 0.15) is 44.1 Å². The minimum Gasteiger partial charge on any atom is -0.369 e. The fourth-order valence-corrected chi connectivity index (χ4v) is 7.03. The van der Waals surface area contributed by atoms with E-state index < -0.39 is 0 Å². The molecule has 1 amide bonds. The van der Waals surface area contributed by atoms with Crippen LogP contribution in [0.5, 0.6) is 0 Å². The molecule has 0 aromatic carbocycles. The predicted molar refractivity (Wildman–Crippen MR) is 136 cm³/mol. The van der Waals surface area contributed by atoms with E-state index in [0.717, 1.165) is 46.0 Å². The van der Waals surface area contributed by atoms with Crippen LogP contribution in [0, 0.1) is 0 Å². The third-order valence-corrected chi connectivity index (χ3v) is 9.48. The number of hydrogen-bond acceptors (Lipinski definition) is 10. The minimum absolute atomic E-state index is 0.118. The molecule has 8 nitrogen and oxygen atoms in total. The highest BCUT2D eigenvalue weighted by Gasteiger charge is 2.33. The lowest BCUT2D eigenvalue weighted by molar-refractivity contribution is -0.113.